The van der Waals surface area contributed by atoms with E-state index in [-0.39, 0.29) is 11.5 Å². The molecule has 0 unspecified atom stereocenters. The highest BCUT2D eigenvalue weighted by molar-refractivity contribution is 6.31. The Morgan fingerprint density at radius 2 is 1.52 bits per heavy atom. The van der Waals surface area contributed by atoms with Gasteiger partial charge < -0.3 is 0 Å². The average molecular weight is 330 g/mol. The molecule has 0 saturated carbocycles. The number of hydrazine groups is 1. The van der Waals surface area contributed by atoms with Crippen LogP contribution in [0.1, 0.15) is 5.56 Å². The fourth-order valence-electron chi connectivity index (χ4n) is 2.62. The van der Waals surface area contributed by atoms with Crippen LogP contribution in [0.25, 0.3) is 11.8 Å². The summed E-state index contributed by atoms with van der Waals surface area (Å²) in [5.74, 6) is -0.815. The second kappa shape index (κ2) is 6.09. The van der Waals surface area contributed by atoms with E-state index in [0.29, 0.717) is 11.3 Å². The van der Waals surface area contributed by atoms with E-state index in [1.54, 1.807) is 47.4 Å². The Hall–Kier alpha value is -3.67. The van der Waals surface area contributed by atoms with Crippen LogP contribution in [0.3, 0.4) is 0 Å². The van der Waals surface area contributed by atoms with Crippen LogP contribution in [0.15, 0.2) is 78.6 Å². The highest BCUT2D eigenvalue weighted by atomic mass is 16.2. The van der Waals surface area contributed by atoms with Gasteiger partial charge in [-0.1, -0.05) is 36.4 Å². The third-order valence-electron chi connectivity index (χ3n) is 3.84. The number of hydrogen-bond donors (Lipinski definition) is 1. The lowest BCUT2D eigenvalue weighted by molar-refractivity contribution is -0.117. The van der Waals surface area contributed by atoms with Gasteiger partial charge in [0.05, 0.1) is 17.6 Å². The minimum atomic E-state index is -0.429. The summed E-state index contributed by atoms with van der Waals surface area (Å²) in [5.41, 5.74) is 4.85. The van der Waals surface area contributed by atoms with Crippen molar-refractivity contribution in [3.05, 3.63) is 84.2 Å². The first kappa shape index (κ1) is 14.9. The van der Waals surface area contributed by atoms with Crippen LogP contribution in [0.5, 0.6) is 0 Å². The molecule has 1 aliphatic rings. The number of carbonyl (C=O) groups excluding carboxylic acids is 2. The van der Waals surface area contributed by atoms with E-state index in [2.05, 4.69) is 10.5 Å². The Morgan fingerprint density at radius 1 is 0.880 bits per heavy atom. The minimum Gasteiger partial charge on any atom is -0.267 e. The second-order valence-corrected chi connectivity index (χ2v) is 5.53. The summed E-state index contributed by atoms with van der Waals surface area (Å²) in [4.78, 5) is 24.7. The summed E-state index contributed by atoms with van der Waals surface area (Å²) >= 11 is 0. The molecule has 0 aliphatic carbocycles. The zero-order chi connectivity index (χ0) is 17.2. The molecule has 2 amide bonds. The average Bonchev–Trinajstić information content (AvgIpc) is 3.23. The van der Waals surface area contributed by atoms with Crippen LogP contribution in [0.2, 0.25) is 0 Å². The van der Waals surface area contributed by atoms with Gasteiger partial charge in [0.2, 0.25) is 0 Å². The number of amides is 2. The van der Waals surface area contributed by atoms with Gasteiger partial charge in [-0.25, -0.2) is 9.69 Å². The van der Waals surface area contributed by atoms with Crippen molar-refractivity contribution in [2.75, 3.05) is 5.01 Å². The number of rotatable bonds is 3. The summed E-state index contributed by atoms with van der Waals surface area (Å²) in [6.07, 6.45) is 4.94. The molecule has 1 aliphatic heterocycles. The topological polar surface area (TPSA) is 67.2 Å². The molecule has 0 bridgehead atoms. The van der Waals surface area contributed by atoms with Crippen LogP contribution in [-0.2, 0) is 9.59 Å². The van der Waals surface area contributed by atoms with E-state index in [4.69, 9.17) is 0 Å². The highest BCUT2D eigenvalue weighted by Crippen LogP contribution is 2.21. The van der Waals surface area contributed by atoms with Crippen molar-refractivity contribution in [2.24, 2.45) is 0 Å². The highest BCUT2D eigenvalue weighted by Gasteiger charge is 2.34. The number of nitrogens with zero attached hydrogens (tertiary/aromatic N) is 3. The van der Waals surface area contributed by atoms with Gasteiger partial charge in [-0.3, -0.25) is 15.0 Å². The van der Waals surface area contributed by atoms with Crippen molar-refractivity contribution in [1.29, 1.82) is 0 Å². The molecule has 2 aromatic carbocycles. The van der Waals surface area contributed by atoms with Gasteiger partial charge in [-0.2, -0.15) is 5.10 Å². The number of para-hydroxylation sites is 2. The Balaban J connectivity index is 1.63. The van der Waals surface area contributed by atoms with Gasteiger partial charge in [0.1, 0.15) is 5.57 Å². The maximum absolute atomic E-state index is 12.5. The second-order valence-electron chi connectivity index (χ2n) is 5.53. The van der Waals surface area contributed by atoms with Crippen LogP contribution in [0, 0.1) is 0 Å². The molecule has 0 atom stereocenters. The van der Waals surface area contributed by atoms with E-state index in [9.17, 15) is 9.59 Å². The van der Waals surface area contributed by atoms with E-state index in [1.807, 2.05) is 36.4 Å². The van der Waals surface area contributed by atoms with E-state index >= 15 is 0 Å². The normalized spacial score (nSPS) is 15.7. The quantitative estimate of drug-likeness (QED) is 0.592. The third kappa shape index (κ3) is 2.81. The van der Waals surface area contributed by atoms with Gasteiger partial charge in [0, 0.05) is 11.8 Å². The van der Waals surface area contributed by atoms with Gasteiger partial charge in [0.15, 0.2) is 0 Å². The number of benzene rings is 2. The van der Waals surface area contributed by atoms with Crippen molar-refractivity contribution in [2.45, 2.75) is 0 Å². The van der Waals surface area contributed by atoms with Crippen molar-refractivity contribution in [3.63, 3.8) is 0 Å². The molecule has 0 spiro atoms. The molecule has 1 aromatic heterocycles. The number of nitrogens with one attached hydrogen (secondary N) is 1. The van der Waals surface area contributed by atoms with Crippen molar-refractivity contribution in [3.8, 4) is 5.69 Å². The van der Waals surface area contributed by atoms with Gasteiger partial charge >= 0.3 is 0 Å². The monoisotopic (exact) mass is 330 g/mol. The maximum atomic E-state index is 12.5. The molecule has 1 N–H and O–H groups in total. The molecule has 3 aromatic rings. The zero-order valence-electron chi connectivity index (χ0n) is 13.2. The molecular formula is C19H14N4O2. The molecule has 2 heterocycles. The van der Waals surface area contributed by atoms with Crippen LogP contribution in [-0.4, -0.2) is 21.6 Å². The minimum absolute atomic E-state index is 0.0801. The SMILES string of the molecule is O=C1NN(c2ccccc2)C(=O)C1=Cc1cnn(-c2ccccc2)c1. The molecule has 1 fully saturated rings. The summed E-state index contributed by atoms with van der Waals surface area (Å²) in [5, 5.41) is 5.52. The molecule has 1 saturated heterocycles. The molecule has 0 radical (unpaired) electrons. The first-order valence-corrected chi connectivity index (χ1v) is 7.75. The smallest absolute Gasteiger partial charge is 0.267 e. The standard InChI is InChI=1S/C19H14N4O2/c24-18-17(19(25)23(21-18)16-9-5-2-6-10-16)11-14-12-20-22(13-14)15-7-3-1-4-8-15/h1-13H,(H,21,24). The zero-order valence-corrected chi connectivity index (χ0v) is 13.2. The summed E-state index contributed by atoms with van der Waals surface area (Å²) in [6.45, 7) is 0. The Kier molecular flexibility index (Phi) is 3.63. The maximum Gasteiger partial charge on any atom is 0.282 e. The van der Waals surface area contributed by atoms with Gasteiger partial charge in [-0.15, -0.1) is 0 Å². The van der Waals surface area contributed by atoms with Crippen LogP contribution >= 0.6 is 0 Å². The lowest BCUT2D eigenvalue weighted by atomic mass is 10.2. The fraction of sp³-hybridized carbons (Fsp3) is 0. The predicted molar refractivity (Wildman–Crippen MR) is 93.6 cm³/mol. The Labute approximate surface area is 144 Å². The van der Waals surface area contributed by atoms with E-state index < -0.39 is 5.91 Å². The lowest BCUT2D eigenvalue weighted by Gasteiger charge is -2.13. The van der Waals surface area contributed by atoms with Crippen LogP contribution in [0.4, 0.5) is 5.69 Å². The Bertz CT molecular complexity index is 961. The molecule has 6 nitrogen and oxygen atoms in total. The van der Waals surface area contributed by atoms with Crippen LogP contribution < -0.4 is 10.4 Å². The van der Waals surface area contributed by atoms with Crippen molar-refractivity contribution >= 4 is 23.6 Å². The van der Waals surface area contributed by atoms with Crippen molar-refractivity contribution in [1.82, 2.24) is 15.2 Å². The van der Waals surface area contributed by atoms with Gasteiger partial charge in [-0.05, 0) is 30.3 Å². The summed E-state index contributed by atoms with van der Waals surface area (Å²) < 4.78 is 1.69. The molecule has 122 valence electrons. The summed E-state index contributed by atoms with van der Waals surface area (Å²) in [6, 6.07) is 18.6. The first-order valence-electron chi connectivity index (χ1n) is 7.75. The molecule has 4 rings (SSSR count). The summed E-state index contributed by atoms with van der Waals surface area (Å²) in [7, 11) is 0. The Morgan fingerprint density at radius 3 is 2.20 bits per heavy atom. The number of anilines is 1. The molecule has 6 heteroatoms. The van der Waals surface area contributed by atoms with Crippen molar-refractivity contribution < 1.29 is 9.59 Å². The fourth-order valence-corrected chi connectivity index (χ4v) is 2.62. The van der Waals surface area contributed by atoms with Gasteiger partial charge in [0.25, 0.3) is 11.8 Å². The first-order chi connectivity index (χ1) is 12.2. The largest absolute Gasteiger partial charge is 0.282 e. The predicted octanol–water partition coefficient (Wildman–Crippen LogP) is 2.33. The third-order valence-corrected chi connectivity index (χ3v) is 3.84. The number of hydrogen-bond acceptors (Lipinski definition) is 3. The molecule has 25 heavy (non-hydrogen) atoms. The van der Waals surface area contributed by atoms with E-state index in [1.165, 1.54) is 5.01 Å². The lowest BCUT2D eigenvalue weighted by Crippen LogP contribution is -2.35. The number of aromatic nitrogens is 2. The van der Waals surface area contributed by atoms with E-state index in [0.717, 1.165) is 5.69 Å². The molecular weight excluding hydrogens is 316 g/mol. The number of carbonyl (C=O) groups is 2.